The van der Waals surface area contributed by atoms with Gasteiger partial charge in [0.25, 0.3) is 0 Å². The van der Waals surface area contributed by atoms with Gasteiger partial charge in [0, 0.05) is 19.3 Å². The molecule has 0 saturated carbocycles. The third kappa shape index (κ3) is 2.44. The fraction of sp³-hybridized carbons (Fsp3) is 0.333. The second-order valence-electron chi connectivity index (χ2n) is 3.83. The molecule has 0 aliphatic heterocycles. The number of benzene rings is 1. The molecule has 0 unspecified atom stereocenters. The van der Waals surface area contributed by atoms with Gasteiger partial charge in [-0.1, -0.05) is 17.7 Å². The Labute approximate surface area is 115 Å². The maximum atomic E-state index is 11.5. The lowest BCUT2D eigenvalue weighted by Gasteiger charge is -2.07. The van der Waals surface area contributed by atoms with Gasteiger partial charge < -0.3 is 9.88 Å². The minimum Gasteiger partial charge on any atom is -0.358 e. The Morgan fingerprint density at radius 1 is 1.50 bits per heavy atom. The minimum absolute atomic E-state index is 0.0786. The van der Waals surface area contributed by atoms with Crippen LogP contribution in [0.2, 0.25) is 5.02 Å². The number of para-hydroxylation sites is 1. The normalized spacial score (nSPS) is 10.8. The zero-order valence-electron chi connectivity index (χ0n) is 9.91. The van der Waals surface area contributed by atoms with Gasteiger partial charge in [0.15, 0.2) is 0 Å². The number of amides is 1. The number of carbonyl (C=O) groups excluding carboxylic acids is 1. The molecule has 0 bridgehead atoms. The van der Waals surface area contributed by atoms with Crippen molar-refractivity contribution >= 4 is 40.1 Å². The number of hydrogen-bond donors (Lipinski definition) is 1. The molecule has 2 rings (SSSR count). The first-order valence-corrected chi connectivity index (χ1v) is 6.48. The number of alkyl halides is 1. The smallest absolute Gasteiger partial charge is 0.239 e. The van der Waals surface area contributed by atoms with E-state index >= 15 is 0 Å². The van der Waals surface area contributed by atoms with Gasteiger partial charge >= 0.3 is 0 Å². The van der Waals surface area contributed by atoms with E-state index in [1.165, 1.54) is 0 Å². The Bertz CT molecular complexity index is 580. The van der Waals surface area contributed by atoms with Crippen LogP contribution in [0.15, 0.2) is 18.2 Å². The van der Waals surface area contributed by atoms with Gasteiger partial charge in [0.2, 0.25) is 5.91 Å². The van der Waals surface area contributed by atoms with Crippen LogP contribution in [0.3, 0.4) is 0 Å². The summed E-state index contributed by atoms with van der Waals surface area (Å²) in [5.41, 5.74) is 1.56. The molecule has 1 amide bonds. The quantitative estimate of drug-likeness (QED) is 0.876. The van der Waals surface area contributed by atoms with Gasteiger partial charge in [-0.15, -0.1) is 11.6 Å². The molecule has 6 heteroatoms. The van der Waals surface area contributed by atoms with Crippen molar-refractivity contribution in [3.8, 4) is 0 Å². The van der Waals surface area contributed by atoms with Crippen molar-refractivity contribution in [2.24, 2.45) is 0 Å². The Hall–Kier alpha value is -1.26. The van der Waals surface area contributed by atoms with E-state index in [0.29, 0.717) is 22.8 Å². The van der Waals surface area contributed by atoms with Crippen molar-refractivity contribution in [2.45, 2.75) is 13.0 Å². The second kappa shape index (κ2) is 5.59. The first kappa shape index (κ1) is 13.2. The monoisotopic (exact) mass is 285 g/mol. The van der Waals surface area contributed by atoms with E-state index in [9.17, 15) is 4.79 Å². The molecule has 0 saturated heterocycles. The summed E-state index contributed by atoms with van der Waals surface area (Å²) in [5, 5.41) is 3.18. The van der Waals surface area contributed by atoms with Crippen molar-refractivity contribution in [1.82, 2.24) is 14.9 Å². The predicted octanol–water partition coefficient (Wildman–Crippen LogP) is 2.22. The number of likely N-dealkylation sites (N-methyl/N-ethyl adjacent to an activating group) is 1. The lowest BCUT2D eigenvalue weighted by molar-refractivity contribution is -0.121. The zero-order chi connectivity index (χ0) is 13.1. The van der Waals surface area contributed by atoms with E-state index in [1.807, 2.05) is 16.7 Å². The summed E-state index contributed by atoms with van der Waals surface area (Å²) in [4.78, 5) is 16.0. The number of rotatable bonds is 4. The van der Waals surface area contributed by atoms with Crippen molar-refractivity contribution in [3.05, 3.63) is 29.0 Å². The molecule has 0 aliphatic carbocycles. The number of carbonyl (C=O) groups is 1. The third-order valence-corrected chi connectivity index (χ3v) is 3.20. The van der Waals surface area contributed by atoms with E-state index in [0.717, 1.165) is 11.3 Å². The van der Waals surface area contributed by atoms with Crippen LogP contribution in [0.1, 0.15) is 5.82 Å². The summed E-state index contributed by atoms with van der Waals surface area (Å²) >= 11 is 11.9. The van der Waals surface area contributed by atoms with Crippen LogP contribution in [0.5, 0.6) is 0 Å². The Morgan fingerprint density at radius 2 is 2.28 bits per heavy atom. The molecular weight excluding hydrogens is 273 g/mol. The number of imidazole rings is 1. The topological polar surface area (TPSA) is 46.9 Å². The minimum atomic E-state index is -0.0786. The molecule has 96 valence electrons. The molecule has 4 nitrogen and oxygen atoms in total. The van der Waals surface area contributed by atoms with Gasteiger partial charge in [0.1, 0.15) is 17.9 Å². The largest absolute Gasteiger partial charge is 0.358 e. The van der Waals surface area contributed by atoms with Gasteiger partial charge in [-0.2, -0.15) is 0 Å². The van der Waals surface area contributed by atoms with Crippen LogP contribution in [0.25, 0.3) is 11.0 Å². The molecule has 0 spiro atoms. The molecule has 1 heterocycles. The van der Waals surface area contributed by atoms with Crippen LogP contribution in [0.4, 0.5) is 0 Å². The fourth-order valence-corrected chi connectivity index (χ4v) is 2.22. The standard InChI is InChI=1S/C12H13Cl2N3O/c1-15-11(18)7-17-9-4-2-3-8(14)12(9)16-10(17)5-6-13/h2-4H,5-7H2,1H3,(H,15,18). The van der Waals surface area contributed by atoms with Crippen molar-refractivity contribution < 1.29 is 4.79 Å². The van der Waals surface area contributed by atoms with Crippen LogP contribution in [0, 0.1) is 0 Å². The Morgan fingerprint density at radius 3 is 2.94 bits per heavy atom. The van der Waals surface area contributed by atoms with Crippen molar-refractivity contribution in [1.29, 1.82) is 0 Å². The number of aromatic nitrogens is 2. The summed E-state index contributed by atoms with van der Waals surface area (Å²) < 4.78 is 1.85. The number of halogens is 2. The summed E-state index contributed by atoms with van der Waals surface area (Å²) in [5.74, 6) is 1.15. The summed E-state index contributed by atoms with van der Waals surface area (Å²) in [6, 6.07) is 5.53. The SMILES string of the molecule is CNC(=O)Cn1c(CCCl)nc2c(Cl)cccc21. The highest BCUT2D eigenvalue weighted by Gasteiger charge is 2.14. The van der Waals surface area contributed by atoms with Gasteiger partial charge in [-0.3, -0.25) is 4.79 Å². The van der Waals surface area contributed by atoms with E-state index in [2.05, 4.69) is 10.3 Å². The second-order valence-corrected chi connectivity index (χ2v) is 4.62. The highest BCUT2D eigenvalue weighted by Crippen LogP contribution is 2.24. The predicted molar refractivity (Wildman–Crippen MR) is 73.2 cm³/mol. The average Bonchev–Trinajstić information content (AvgIpc) is 2.70. The fourth-order valence-electron chi connectivity index (χ4n) is 1.84. The molecule has 1 aromatic carbocycles. The Kier molecular flexibility index (Phi) is 4.09. The molecule has 0 atom stereocenters. The first-order valence-electron chi connectivity index (χ1n) is 5.57. The maximum Gasteiger partial charge on any atom is 0.239 e. The molecule has 0 aliphatic rings. The molecule has 0 fully saturated rings. The highest BCUT2D eigenvalue weighted by atomic mass is 35.5. The van der Waals surface area contributed by atoms with Crippen molar-refractivity contribution in [3.63, 3.8) is 0 Å². The number of aryl methyl sites for hydroxylation is 1. The van der Waals surface area contributed by atoms with Gasteiger partial charge in [-0.25, -0.2) is 4.98 Å². The molecule has 1 aromatic heterocycles. The lowest BCUT2D eigenvalue weighted by Crippen LogP contribution is -2.24. The van der Waals surface area contributed by atoms with E-state index in [-0.39, 0.29) is 12.5 Å². The molecule has 0 radical (unpaired) electrons. The molecular formula is C12H13Cl2N3O. The average molecular weight is 286 g/mol. The molecule has 2 aromatic rings. The Balaban J connectivity index is 2.55. The van der Waals surface area contributed by atoms with Gasteiger partial charge in [-0.05, 0) is 12.1 Å². The van der Waals surface area contributed by atoms with Crippen LogP contribution >= 0.6 is 23.2 Å². The van der Waals surface area contributed by atoms with E-state index in [4.69, 9.17) is 23.2 Å². The molecule has 18 heavy (non-hydrogen) atoms. The summed E-state index contributed by atoms with van der Waals surface area (Å²) in [6.07, 6.45) is 0.601. The third-order valence-electron chi connectivity index (χ3n) is 2.71. The first-order chi connectivity index (χ1) is 8.67. The number of nitrogens with zero attached hydrogens (tertiary/aromatic N) is 2. The number of nitrogens with one attached hydrogen (secondary N) is 1. The summed E-state index contributed by atoms with van der Waals surface area (Å²) in [6.45, 7) is 0.222. The lowest BCUT2D eigenvalue weighted by atomic mass is 10.3. The maximum absolute atomic E-state index is 11.5. The van der Waals surface area contributed by atoms with Crippen LogP contribution in [-0.4, -0.2) is 28.4 Å². The molecule has 1 N–H and O–H groups in total. The zero-order valence-corrected chi connectivity index (χ0v) is 11.4. The van der Waals surface area contributed by atoms with E-state index in [1.54, 1.807) is 13.1 Å². The highest BCUT2D eigenvalue weighted by molar-refractivity contribution is 6.34. The summed E-state index contributed by atoms with van der Waals surface area (Å²) in [7, 11) is 1.61. The van der Waals surface area contributed by atoms with Crippen molar-refractivity contribution in [2.75, 3.05) is 12.9 Å². The number of fused-ring (bicyclic) bond motifs is 1. The van der Waals surface area contributed by atoms with E-state index < -0.39 is 0 Å². The number of hydrogen-bond acceptors (Lipinski definition) is 2. The van der Waals surface area contributed by atoms with Gasteiger partial charge in [0.05, 0.1) is 10.5 Å². The van der Waals surface area contributed by atoms with Crippen LogP contribution < -0.4 is 5.32 Å². The van der Waals surface area contributed by atoms with Crippen LogP contribution in [-0.2, 0) is 17.8 Å².